The zero-order chi connectivity index (χ0) is 14.7. The van der Waals surface area contributed by atoms with Gasteiger partial charge in [-0.1, -0.05) is 23.7 Å². The van der Waals surface area contributed by atoms with Gasteiger partial charge >= 0.3 is 0 Å². The molecular weight excluding hydrogens is 292 g/mol. The number of nitrogens with two attached hydrogens (primary N) is 2. The minimum absolute atomic E-state index is 0.414. The minimum atomic E-state index is -0.414. The first kappa shape index (κ1) is 14.8. The van der Waals surface area contributed by atoms with Gasteiger partial charge < -0.3 is 11.5 Å². The van der Waals surface area contributed by atoms with Gasteiger partial charge in [0.15, 0.2) is 0 Å². The summed E-state index contributed by atoms with van der Waals surface area (Å²) in [7, 11) is 0. The molecule has 0 saturated carbocycles. The third-order valence-corrected chi connectivity index (χ3v) is 4.62. The Morgan fingerprint density at radius 1 is 1.30 bits per heavy atom. The van der Waals surface area contributed by atoms with Crippen LogP contribution in [0.2, 0.25) is 5.02 Å². The lowest BCUT2D eigenvalue weighted by Gasteiger charge is -2.10. The molecular formula is C15H15ClN2OS. The predicted molar refractivity (Wildman–Crippen MR) is 85.1 cm³/mol. The van der Waals surface area contributed by atoms with E-state index in [0.29, 0.717) is 16.3 Å². The van der Waals surface area contributed by atoms with Crippen LogP contribution in [0, 0.1) is 6.92 Å². The van der Waals surface area contributed by atoms with E-state index in [0.717, 1.165) is 21.8 Å². The molecule has 0 atom stereocenters. The number of hydrogen-bond acceptors (Lipinski definition) is 3. The number of benzene rings is 2. The third kappa shape index (κ3) is 3.26. The number of rotatable bonds is 4. The molecule has 5 heteroatoms. The maximum atomic E-state index is 11.1. The van der Waals surface area contributed by atoms with Crippen molar-refractivity contribution in [3.8, 4) is 0 Å². The molecule has 3 nitrogen and oxygen atoms in total. The topological polar surface area (TPSA) is 69.1 Å². The molecule has 0 unspecified atom stereocenters. The van der Waals surface area contributed by atoms with Gasteiger partial charge in [0.1, 0.15) is 0 Å². The van der Waals surface area contributed by atoms with Crippen molar-refractivity contribution >= 4 is 35.0 Å². The van der Waals surface area contributed by atoms with Gasteiger partial charge in [0, 0.05) is 21.9 Å². The molecule has 4 N–H and O–H groups in total. The second-order valence-corrected chi connectivity index (χ2v) is 5.85. The van der Waals surface area contributed by atoms with E-state index in [4.69, 9.17) is 23.1 Å². The van der Waals surface area contributed by atoms with Crippen LogP contribution in [-0.2, 0) is 5.75 Å². The van der Waals surface area contributed by atoms with E-state index in [2.05, 4.69) is 0 Å². The van der Waals surface area contributed by atoms with Gasteiger partial charge in [0.25, 0.3) is 0 Å². The molecule has 0 aliphatic rings. The highest BCUT2D eigenvalue weighted by atomic mass is 35.5. The van der Waals surface area contributed by atoms with Crippen LogP contribution in [0.4, 0.5) is 5.69 Å². The predicted octanol–water partition coefficient (Wildman–Crippen LogP) is 3.62. The molecule has 2 aromatic rings. The standard InChI is InChI=1S/C15H15ClN2OS/c1-9-7-10(15(18)19)5-6-11(9)8-20-14-12(16)3-2-4-13(14)17/h2-7H,8,17H2,1H3,(H2,18,19). The molecule has 20 heavy (non-hydrogen) atoms. The number of aryl methyl sites for hydroxylation is 1. The van der Waals surface area contributed by atoms with Crippen molar-refractivity contribution in [3.05, 3.63) is 58.1 Å². The summed E-state index contributed by atoms with van der Waals surface area (Å²) < 4.78 is 0. The summed E-state index contributed by atoms with van der Waals surface area (Å²) in [6.07, 6.45) is 0. The Morgan fingerprint density at radius 2 is 2.05 bits per heavy atom. The Bertz CT molecular complexity index is 638. The number of anilines is 1. The number of thioether (sulfide) groups is 1. The van der Waals surface area contributed by atoms with Crippen LogP contribution in [0.3, 0.4) is 0 Å². The van der Waals surface area contributed by atoms with Crippen LogP contribution in [0.5, 0.6) is 0 Å². The normalized spacial score (nSPS) is 10.5. The Balaban J connectivity index is 2.17. The van der Waals surface area contributed by atoms with Crippen LogP contribution in [0.25, 0.3) is 0 Å². The van der Waals surface area contributed by atoms with Gasteiger partial charge in [-0.2, -0.15) is 0 Å². The third-order valence-electron chi connectivity index (χ3n) is 3.00. The molecule has 0 heterocycles. The zero-order valence-corrected chi connectivity index (χ0v) is 12.6. The number of primary amides is 1. The second-order valence-electron chi connectivity index (χ2n) is 4.45. The van der Waals surface area contributed by atoms with Crippen molar-refractivity contribution in [3.63, 3.8) is 0 Å². The lowest BCUT2D eigenvalue weighted by molar-refractivity contribution is 0.1000. The maximum absolute atomic E-state index is 11.1. The SMILES string of the molecule is Cc1cc(C(N)=O)ccc1CSc1c(N)cccc1Cl. The van der Waals surface area contributed by atoms with Gasteiger partial charge in [-0.25, -0.2) is 0 Å². The minimum Gasteiger partial charge on any atom is -0.398 e. The number of nitrogen functional groups attached to an aromatic ring is 1. The number of carbonyl (C=O) groups is 1. The Morgan fingerprint density at radius 3 is 2.65 bits per heavy atom. The summed E-state index contributed by atoms with van der Waals surface area (Å²) in [5, 5.41) is 0.654. The maximum Gasteiger partial charge on any atom is 0.248 e. The molecule has 0 aliphatic heterocycles. The summed E-state index contributed by atoms with van der Waals surface area (Å²) in [5.41, 5.74) is 14.5. The quantitative estimate of drug-likeness (QED) is 0.669. The van der Waals surface area contributed by atoms with Crippen LogP contribution in [0.1, 0.15) is 21.5 Å². The van der Waals surface area contributed by atoms with Crippen molar-refractivity contribution in [2.24, 2.45) is 5.73 Å². The number of amides is 1. The molecule has 2 rings (SSSR count). The van der Waals surface area contributed by atoms with E-state index >= 15 is 0 Å². The number of halogens is 1. The zero-order valence-electron chi connectivity index (χ0n) is 11.0. The average molecular weight is 307 g/mol. The molecule has 104 valence electrons. The fraction of sp³-hybridized carbons (Fsp3) is 0.133. The lowest BCUT2D eigenvalue weighted by Crippen LogP contribution is -2.11. The van der Waals surface area contributed by atoms with E-state index in [1.807, 2.05) is 31.2 Å². The molecule has 1 amide bonds. The second kappa shape index (κ2) is 6.20. The van der Waals surface area contributed by atoms with Gasteiger partial charge in [-0.15, -0.1) is 11.8 Å². The van der Waals surface area contributed by atoms with Crippen molar-refractivity contribution in [2.75, 3.05) is 5.73 Å². The summed E-state index contributed by atoms with van der Waals surface area (Å²) in [4.78, 5) is 12.0. The van der Waals surface area contributed by atoms with E-state index in [-0.39, 0.29) is 0 Å². The highest BCUT2D eigenvalue weighted by Gasteiger charge is 2.08. The molecule has 0 aliphatic carbocycles. The number of hydrogen-bond donors (Lipinski definition) is 2. The van der Waals surface area contributed by atoms with Gasteiger partial charge in [0.2, 0.25) is 5.91 Å². The Hall–Kier alpha value is -1.65. The smallest absolute Gasteiger partial charge is 0.248 e. The first-order valence-electron chi connectivity index (χ1n) is 6.05. The van der Waals surface area contributed by atoms with Crippen LogP contribution in [0.15, 0.2) is 41.3 Å². The highest BCUT2D eigenvalue weighted by molar-refractivity contribution is 7.98. The summed E-state index contributed by atoms with van der Waals surface area (Å²) in [5.74, 6) is 0.321. The fourth-order valence-electron chi connectivity index (χ4n) is 1.84. The summed E-state index contributed by atoms with van der Waals surface area (Å²) in [6, 6.07) is 10.9. The van der Waals surface area contributed by atoms with E-state index in [1.165, 1.54) is 0 Å². The molecule has 0 saturated heterocycles. The van der Waals surface area contributed by atoms with Gasteiger partial charge in [-0.3, -0.25) is 4.79 Å². The monoisotopic (exact) mass is 306 g/mol. The summed E-state index contributed by atoms with van der Waals surface area (Å²) in [6.45, 7) is 1.96. The van der Waals surface area contributed by atoms with Crippen molar-refractivity contribution in [2.45, 2.75) is 17.6 Å². The molecule has 0 radical (unpaired) electrons. The molecule has 0 fully saturated rings. The van der Waals surface area contributed by atoms with Crippen molar-refractivity contribution < 1.29 is 4.79 Å². The molecule has 2 aromatic carbocycles. The highest BCUT2D eigenvalue weighted by Crippen LogP contribution is 2.35. The molecule has 0 spiro atoms. The van der Waals surface area contributed by atoms with Gasteiger partial charge in [0.05, 0.1) is 5.02 Å². The van der Waals surface area contributed by atoms with Crippen molar-refractivity contribution in [1.29, 1.82) is 0 Å². The van der Waals surface area contributed by atoms with E-state index < -0.39 is 5.91 Å². The lowest BCUT2D eigenvalue weighted by atomic mass is 10.1. The first-order chi connectivity index (χ1) is 9.49. The largest absolute Gasteiger partial charge is 0.398 e. The Labute approximate surface area is 127 Å². The summed E-state index contributed by atoms with van der Waals surface area (Å²) >= 11 is 7.72. The Kier molecular flexibility index (Phi) is 4.57. The van der Waals surface area contributed by atoms with Crippen LogP contribution < -0.4 is 11.5 Å². The van der Waals surface area contributed by atoms with Crippen molar-refractivity contribution in [1.82, 2.24) is 0 Å². The molecule has 0 aromatic heterocycles. The van der Waals surface area contributed by atoms with E-state index in [1.54, 1.807) is 23.9 Å². The molecule has 0 bridgehead atoms. The average Bonchev–Trinajstić information content (AvgIpc) is 2.39. The van der Waals surface area contributed by atoms with Gasteiger partial charge in [-0.05, 0) is 42.3 Å². The van der Waals surface area contributed by atoms with E-state index in [9.17, 15) is 4.79 Å². The number of carbonyl (C=O) groups excluding carboxylic acids is 1. The van der Waals surface area contributed by atoms with Crippen LogP contribution in [-0.4, -0.2) is 5.91 Å². The first-order valence-corrected chi connectivity index (χ1v) is 7.41. The fourth-order valence-corrected chi connectivity index (χ4v) is 3.25. The van der Waals surface area contributed by atoms with Crippen LogP contribution >= 0.6 is 23.4 Å².